The fraction of sp³-hybridized carbons (Fsp3) is 0.750. The molecule has 1 rings (SSSR count). The Balaban J connectivity index is 2.91. The van der Waals surface area contributed by atoms with E-state index in [0.29, 0.717) is 17.3 Å². The lowest BCUT2D eigenvalue weighted by Crippen LogP contribution is -2.30. The lowest BCUT2D eigenvalue weighted by molar-refractivity contribution is -0.0496. The first kappa shape index (κ1) is 15.2. The molecule has 1 saturated heterocycles. The zero-order chi connectivity index (χ0) is 13.2. The van der Waals surface area contributed by atoms with Crippen LogP contribution >= 0.6 is 22.1 Å². The first-order valence-corrected chi connectivity index (χ1v) is 9.33. The number of hydrogen-bond acceptors (Lipinski definition) is 4. The van der Waals surface area contributed by atoms with Gasteiger partial charge in [-0.25, -0.2) is 3.63 Å². The van der Waals surface area contributed by atoms with Gasteiger partial charge in [0.25, 0.3) is 0 Å². The zero-order valence-corrected chi connectivity index (χ0v) is 11.4. The number of halogens is 3. The van der Waals surface area contributed by atoms with Crippen LogP contribution in [0, 0.1) is 0 Å². The molecule has 0 aromatic heterocycles. The molecule has 1 aliphatic heterocycles. The van der Waals surface area contributed by atoms with E-state index in [9.17, 15) is 21.6 Å². The molecule has 3 nitrogen and oxygen atoms in total. The monoisotopic (exact) mass is 310 g/mol. The molecule has 1 atom stereocenters. The van der Waals surface area contributed by atoms with Gasteiger partial charge in [0, 0.05) is 16.6 Å². The molecule has 0 saturated carbocycles. The van der Waals surface area contributed by atoms with Gasteiger partial charge < -0.3 is 0 Å². The van der Waals surface area contributed by atoms with Gasteiger partial charge in [0.2, 0.25) is 0 Å². The Morgan fingerprint density at radius 2 is 2.12 bits per heavy atom. The summed E-state index contributed by atoms with van der Waals surface area (Å²) in [6.07, 6.45) is 2.09. The maximum absolute atomic E-state index is 12.3. The average Bonchev–Trinajstić information content (AvgIpc) is 2.16. The molecule has 102 valence electrons. The molecule has 0 radical (unpaired) electrons. The van der Waals surface area contributed by atoms with Crippen LogP contribution in [-0.4, -0.2) is 36.3 Å². The van der Waals surface area contributed by atoms with Crippen molar-refractivity contribution < 1.29 is 25.2 Å². The van der Waals surface area contributed by atoms with Gasteiger partial charge >= 0.3 is 15.6 Å². The molecule has 1 unspecified atom stereocenters. The van der Waals surface area contributed by atoms with E-state index in [1.807, 2.05) is 0 Å². The van der Waals surface area contributed by atoms with Crippen molar-refractivity contribution in [1.29, 1.82) is 0 Å². The van der Waals surface area contributed by atoms with Crippen LogP contribution in [0.3, 0.4) is 0 Å². The van der Waals surface area contributed by atoms with Crippen molar-refractivity contribution in [2.75, 3.05) is 22.3 Å². The Labute approximate surface area is 104 Å². The van der Waals surface area contributed by atoms with Crippen LogP contribution < -0.4 is 0 Å². The van der Waals surface area contributed by atoms with Gasteiger partial charge in [0.1, 0.15) is 0 Å². The molecule has 1 fully saturated rings. The summed E-state index contributed by atoms with van der Waals surface area (Å²) in [5.74, 6) is 1.37. The van der Waals surface area contributed by atoms with Gasteiger partial charge in [-0.1, -0.05) is 6.08 Å². The van der Waals surface area contributed by atoms with Gasteiger partial charge in [-0.05, 0) is 12.2 Å². The Morgan fingerprint density at radius 1 is 1.47 bits per heavy atom. The number of alkyl halides is 3. The Morgan fingerprint density at radius 3 is 2.53 bits per heavy atom. The van der Waals surface area contributed by atoms with Gasteiger partial charge in [0.15, 0.2) is 0 Å². The molecule has 0 spiro atoms. The fourth-order valence-corrected chi connectivity index (χ4v) is 8.52. The quantitative estimate of drug-likeness (QED) is 0.591. The minimum atomic E-state index is -5.50. The van der Waals surface area contributed by atoms with E-state index in [2.05, 4.69) is 10.2 Å². The van der Waals surface area contributed by atoms with Crippen LogP contribution in [0.2, 0.25) is 0 Å². The largest absolute Gasteiger partial charge is 0.523 e. The predicted molar refractivity (Wildman–Crippen MR) is 65.5 cm³/mol. The Kier molecular flexibility index (Phi) is 4.84. The molecule has 0 aromatic carbocycles. The Bertz CT molecular complexity index is 371. The predicted octanol–water partition coefficient (Wildman–Crippen LogP) is 2.85. The van der Waals surface area contributed by atoms with Gasteiger partial charge in [-0.3, -0.25) is 0 Å². The van der Waals surface area contributed by atoms with Crippen LogP contribution in [0.5, 0.6) is 0 Å². The third kappa shape index (κ3) is 3.80. The van der Waals surface area contributed by atoms with E-state index in [1.54, 1.807) is 0 Å². The third-order valence-corrected chi connectivity index (χ3v) is 9.32. The molecule has 0 aromatic rings. The molecule has 0 aliphatic carbocycles. The zero-order valence-electron chi connectivity index (χ0n) is 8.90. The topological polar surface area (TPSA) is 43.4 Å². The van der Waals surface area contributed by atoms with E-state index < -0.39 is 25.9 Å². The molecule has 0 N–H and O–H groups in total. The number of hydrogen-bond donors (Lipinski definition) is 0. The van der Waals surface area contributed by atoms with E-state index in [4.69, 9.17) is 0 Å². The van der Waals surface area contributed by atoms with Crippen molar-refractivity contribution in [3.05, 3.63) is 12.7 Å². The second-order valence-electron chi connectivity index (χ2n) is 3.47. The maximum atomic E-state index is 12.3. The van der Waals surface area contributed by atoms with Crippen molar-refractivity contribution in [1.82, 2.24) is 0 Å². The standard InChI is InChI=1S/C8H13F3O3S3/c1-2-5-16(6-3-4-15-7-16)14-17(12,13)8(9,10)11/h2H,1,3-7H2. The van der Waals surface area contributed by atoms with Crippen LogP contribution in [0.15, 0.2) is 12.7 Å². The van der Waals surface area contributed by atoms with Crippen LogP contribution in [0.4, 0.5) is 13.2 Å². The summed E-state index contributed by atoms with van der Waals surface area (Å²) in [5, 5.41) is 0.314. The molecular weight excluding hydrogens is 297 g/mol. The number of thioether (sulfide) groups is 1. The molecule has 9 heteroatoms. The first-order chi connectivity index (χ1) is 7.72. The van der Waals surface area contributed by atoms with Crippen molar-refractivity contribution in [2.45, 2.75) is 11.9 Å². The lowest BCUT2D eigenvalue weighted by atomic mass is 10.6. The van der Waals surface area contributed by atoms with E-state index in [0.717, 1.165) is 5.75 Å². The van der Waals surface area contributed by atoms with E-state index >= 15 is 0 Å². The normalized spacial score (nSPS) is 30.5. The SMILES string of the molecule is C=CCS1(OS(=O)(=O)C(F)(F)F)CCCSC1. The molecular formula is C8H13F3O3S3. The van der Waals surface area contributed by atoms with E-state index in [1.165, 1.54) is 17.8 Å². The summed E-state index contributed by atoms with van der Waals surface area (Å²) in [5.41, 5.74) is -5.35. The molecule has 0 amide bonds. The van der Waals surface area contributed by atoms with Gasteiger partial charge in [0.05, 0.1) is 0 Å². The van der Waals surface area contributed by atoms with Gasteiger partial charge in [-0.15, -0.1) is 16.9 Å². The number of rotatable bonds is 4. The molecule has 1 aliphatic rings. The first-order valence-electron chi connectivity index (χ1n) is 4.70. The Hall–Kier alpha value is 0.140. The van der Waals surface area contributed by atoms with E-state index in [-0.39, 0.29) is 5.75 Å². The minimum absolute atomic E-state index is 0.176. The summed E-state index contributed by atoms with van der Waals surface area (Å²) in [6.45, 7) is 3.45. The lowest BCUT2D eigenvalue weighted by Gasteiger charge is -2.40. The van der Waals surface area contributed by atoms with Crippen LogP contribution in [0.1, 0.15) is 6.42 Å². The highest BCUT2D eigenvalue weighted by atomic mass is 32.3. The van der Waals surface area contributed by atoms with Gasteiger partial charge in [-0.2, -0.15) is 33.4 Å². The van der Waals surface area contributed by atoms with Crippen molar-refractivity contribution in [3.63, 3.8) is 0 Å². The molecule has 0 bridgehead atoms. The second kappa shape index (κ2) is 5.41. The summed E-state index contributed by atoms with van der Waals surface area (Å²) < 4.78 is 63.4. The molecule has 1 heterocycles. The average molecular weight is 310 g/mol. The van der Waals surface area contributed by atoms with Crippen LogP contribution in [0.25, 0.3) is 0 Å². The summed E-state index contributed by atoms with van der Waals surface area (Å²) >= 11 is 1.43. The fourth-order valence-electron chi connectivity index (χ4n) is 1.35. The third-order valence-electron chi connectivity index (χ3n) is 2.04. The van der Waals surface area contributed by atoms with Crippen molar-refractivity contribution in [3.8, 4) is 0 Å². The highest BCUT2D eigenvalue weighted by Crippen LogP contribution is 2.57. The summed E-state index contributed by atoms with van der Waals surface area (Å²) in [6, 6.07) is 0. The smallest absolute Gasteiger partial charge is 0.212 e. The maximum Gasteiger partial charge on any atom is 0.523 e. The van der Waals surface area contributed by atoms with Crippen molar-refractivity contribution in [2.24, 2.45) is 0 Å². The highest BCUT2D eigenvalue weighted by Gasteiger charge is 2.51. The second-order valence-corrected chi connectivity index (χ2v) is 9.82. The summed E-state index contributed by atoms with van der Waals surface area (Å²) in [4.78, 5) is 0. The minimum Gasteiger partial charge on any atom is -0.212 e. The summed E-state index contributed by atoms with van der Waals surface area (Å²) in [7, 11) is -7.75. The molecule has 17 heavy (non-hydrogen) atoms. The van der Waals surface area contributed by atoms with Crippen molar-refractivity contribution >= 4 is 32.2 Å². The van der Waals surface area contributed by atoms with Crippen LogP contribution in [-0.2, 0) is 13.7 Å². The highest BCUT2D eigenvalue weighted by molar-refractivity contribution is 8.39.